The van der Waals surface area contributed by atoms with Gasteiger partial charge in [0.05, 0.1) is 38.6 Å². The third kappa shape index (κ3) is 3.48. The maximum absolute atomic E-state index is 5.39. The molecule has 0 unspecified atom stereocenters. The summed E-state index contributed by atoms with van der Waals surface area (Å²) in [6.45, 7) is 0. The van der Waals surface area contributed by atoms with Crippen molar-refractivity contribution in [2.24, 2.45) is 0 Å². The van der Waals surface area contributed by atoms with E-state index in [1.165, 1.54) is 27.2 Å². The first-order valence-electron chi connectivity index (χ1n) is 17.2. The highest BCUT2D eigenvalue weighted by Gasteiger charge is 2.24. The Morgan fingerprint density at radius 1 is 0.314 bits per heavy atom. The molecule has 51 heavy (non-hydrogen) atoms. The summed E-state index contributed by atoms with van der Waals surface area (Å²) in [5.41, 5.74) is 8.73. The Labute approximate surface area is 290 Å². The number of hydrogen-bond donors (Lipinski definition) is 0. The minimum atomic E-state index is 0.577. The zero-order valence-corrected chi connectivity index (χ0v) is 27.2. The summed E-state index contributed by atoms with van der Waals surface area (Å²) in [5.74, 6) is 1.78. The number of aromatic nitrogens is 6. The number of para-hydroxylation sites is 6. The fraction of sp³-hybridized carbons (Fsp3) is 0. The Kier molecular flexibility index (Phi) is 5.14. The smallest absolute Gasteiger partial charge is 0.240 e. The molecular weight excluding hydrogens is 625 g/mol. The topological polar surface area (TPSA) is 52.9 Å². The minimum Gasteiger partial charge on any atom is -0.308 e. The van der Waals surface area contributed by atoms with Gasteiger partial charge in [0.1, 0.15) is 0 Å². The molecular formula is C45H26N6. The van der Waals surface area contributed by atoms with Gasteiger partial charge in [0.15, 0.2) is 5.82 Å². The van der Waals surface area contributed by atoms with Crippen molar-refractivity contribution >= 4 is 81.7 Å². The van der Waals surface area contributed by atoms with Gasteiger partial charge in [-0.05, 0) is 36.4 Å². The van der Waals surface area contributed by atoms with Crippen LogP contribution in [0.1, 0.15) is 0 Å². The van der Waals surface area contributed by atoms with Gasteiger partial charge in [-0.2, -0.15) is 15.0 Å². The Morgan fingerprint density at radius 3 is 1.24 bits per heavy atom. The molecule has 236 valence electrons. The second-order valence-electron chi connectivity index (χ2n) is 13.3. The van der Waals surface area contributed by atoms with Crippen LogP contribution in [0, 0.1) is 0 Å². The maximum Gasteiger partial charge on any atom is 0.240 e. The van der Waals surface area contributed by atoms with Gasteiger partial charge in [0.2, 0.25) is 11.9 Å². The lowest BCUT2D eigenvalue weighted by atomic mass is 10.0. The van der Waals surface area contributed by atoms with Crippen molar-refractivity contribution in [1.29, 1.82) is 0 Å². The van der Waals surface area contributed by atoms with Crippen molar-refractivity contribution in [1.82, 2.24) is 28.5 Å². The second-order valence-corrected chi connectivity index (χ2v) is 13.3. The van der Waals surface area contributed by atoms with E-state index in [-0.39, 0.29) is 0 Å². The van der Waals surface area contributed by atoms with E-state index in [9.17, 15) is 0 Å². The number of nitrogens with zero attached hydrogens (tertiary/aromatic N) is 6. The molecule has 6 heteroatoms. The van der Waals surface area contributed by atoms with Crippen LogP contribution >= 0.6 is 0 Å². The number of fused-ring (bicyclic) bond motifs is 12. The number of hydrogen-bond acceptors (Lipinski definition) is 3. The summed E-state index contributed by atoms with van der Waals surface area (Å²) in [6.07, 6.45) is 0. The van der Waals surface area contributed by atoms with Gasteiger partial charge >= 0.3 is 0 Å². The lowest BCUT2D eigenvalue weighted by molar-refractivity contribution is 0.893. The molecule has 7 aromatic carbocycles. The molecule has 0 aliphatic heterocycles. The molecule has 5 heterocycles. The van der Waals surface area contributed by atoms with E-state index in [0.717, 1.165) is 60.1 Å². The first-order chi connectivity index (χ1) is 25.3. The zero-order valence-electron chi connectivity index (χ0n) is 27.2. The molecule has 0 bridgehead atoms. The second kappa shape index (κ2) is 9.77. The van der Waals surface area contributed by atoms with Gasteiger partial charge in [-0.3, -0.25) is 9.13 Å². The maximum atomic E-state index is 5.39. The number of rotatable bonds is 3. The quantitative estimate of drug-likeness (QED) is 0.191. The van der Waals surface area contributed by atoms with Crippen LogP contribution in [0.5, 0.6) is 0 Å². The largest absolute Gasteiger partial charge is 0.308 e. The van der Waals surface area contributed by atoms with Crippen LogP contribution in [-0.2, 0) is 0 Å². The standard InChI is InChI=1S/C45H26N6/c1-7-22-36-27(13-1)28-14-2-8-23-37(28)50(36)44-46-43(47-45(48-44)51-38-24-9-3-15-29(38)30-16-4-10-25-39(30)51)34-20-12-26-40-41(34)33-19-11-18-32-31-17-5-6-21-35(31)49(40)42(32)33/h1-26H. The van der Waals surface area contributed by atoms with E-state index in [2.05, 4.69) is 171 Å². The predicted molar refractivity (Wildman–Crippen MR) is 209 cm³/mol. The van der Waals surface area contributed by atoms with Gasteiger partial charge in [-0.1, -0.05) is 121 Å². The lowest BCUT2D eigenvalue weighted by Gasteiger charge is -2.13. The Morgan fingerprint density at radius 2 is 0.706 bits per heavy atom. The highest BCUT2D eigenvalue weighted by molar-refractivity contribution is 6.25. The molecule has 0 radical (unpaired) electrons. The van der Waals surface area contributed by atoms with Gasteiger partial charge in [-0.25, -0.2) is 0 Å². The molecule has 0 spiro atoms. The van der Waals surface area contributed by atoms with E-state index in [1.807, 2.05) is 0 Å². The average Bonchev–Trinajstić information content (AvgIpc) is 3.92. The van der Waals surface area contributed by atoms with Crippen LogP contribution < -0.4 is 0 Å². The monoisotopic (exact) mass is 650 g/mol. The summed E-state index contributed by atoms with van der Waals surface area (Å²) in [4.78, 5) is 16.1. The highest BCUT2D eigenvalue weighted by Crippen LogP contribution is 2.42. The molecule has 12 aromatic rings. The highest BCUT2D eigenvalue weighted by atomic mass is 15.3. The van der Waals surface area contributed by atoms with Gasteiger partial charge in [-0.15, -0.1) is 0 Å². The van der Waals surface area contributed by atoms with Crippen molar-refractivity contribution < 1.29 is 0 Å². The van der Waals surface area contributed by atoms with Crippen molar-refractivity contribution in [3.05, 3.63) is 158 Å². The molecule has 0 fully saturated rings. The minimum absolute atomic E-state index is 0.577. The molecule has 5 aromatic heterocycles. The van der Waals surface area contributed by atoms with Gasteiger partial charge < -0.3 is 4.40 Å². The van der Waals surface area contributed by atoms with Crippen molar-refractivity contribution in [2.75, 3.05) is 0 Å². The molecule has 6 nitrogen and oxygen atoms in total. The lowest BCUT2D eigenvalue weighted by Crippen LogP contribution is -2.10. The van der Waals surface area contributed by atoms with Crippen LogP contribution in [0.15, 0.2) is 158 Å². The molecule has 0 saturated carbocycles. The van der Waals surface area contributed by atoms with Crippen molar-refractivity contribution in [2.45, 2.75) is 0 Å². The van der Waals surface area contributed by atoms with Crippen LogP contribution in [0.3, 0.4) is 0 Å². The van der Waals surface area contributed by atoms with Gasteiger partial charge in [0, 0.05) is 48.7 Å². The fourth-order valence-corrected chi connectivity index (χ4v) is 8.62. The van der Waals surface area contributed by atoms with Crippen molar-refractivity contribution in [3.8, 4) is 23.3 Å². The van der Waals surface area contributed by atoms with Crippen LogP contribution in [0.25, 0.3) is 105 Å². The summed E-state index contributed by atoms with van der Waals surface area (Å²) < 4.78 is 6.78. The Hall–Kier alpha value is -7.05. The molecule has 0 saturated heterocycles. The summed E-state index contributed by atoms with van der Waals surface area (Å²) >= 11 is 0. The van der Waals surface area contributed by atoms with Crippen LogP contribution in [0.4, 0.5) is 0 Å². The first-order valence-corrected chi connectivity index (χ1v) is 17.2. The summed E-state index contributed by atoms with van der Waals surface area (Å²) in [7, 11) is 0. The van der Waals surface area contributed by atoms with E-state index in [1.54, 1.807) is 0 Å². The SMILES string of the molecule is c1ccc2c(c1)c1ccccc1n2-c1nc(-c2cccc3c2c2cccc4c5ccccc5n3c42)nc(-n2c3ccccc3c3ccccc32)n1. The van der Waals surface area contributed by atoms with Crippen LogP contribution in [0.2, 0.25) is 0 Å². The number of benzene rings is 7. The normalized spacial score (nSPS) is 12.3. The third-order valence-corrected chi connectivity index (χ3v) is 10.7. The fourth-order valence-electron chi connectivity index (χ4n) is 8.62. The van der Waals surface area contributed by atoms with Gasteiger partial charge in [0.25, 0.3) is 0 Å². The third-order valence-electron chi connectivity index (χ3n) is 10.7. The Bertz CT molecular complexity index is 3140. The summed E-state index contributed by atoms with van der Waals surface area (Å²) in [6, 6.07) is 55.8. The predicted octanol–water partition coefficient (Wildman–Crippen LogP) is 10.9. The van der Waals surface area contributed by atoms with E-state index >= 15 is 0 Å². The van der Waals surface area contributed by atoms with Crippen molar-refractivity contribution in [3.63, 3.8) is 0 Å². The molecule has 0 aliphatic rings. The van der Waals surface area contributed by atoms with E-state index < -0.39 is 0 Å². The zero-order chi connectivity index (χ0) is 33.2. The molecule has 12 rings (SSSR count). The van der Waals surface area contributed by atoms with E-state index in [0.29, 0.717) is 17.7 Å². The molecule has 0 amide bonds. The molecule has 0 aliphatic carbocycles. The average molecular weight is 651 g/mol. The van der Waals surface area contributed by atoms with E-state index in [4.69, 9.17) is 15.0 Å². The summed E-state index contributed by atoms with van der Waals surface area (Å²) in [5, 5.41) is 9.46. The van der Waals surface area contributed by atoms with Crippen LogP contribution in [-0.4, -0.2) is 28.5 Å². The Balaban J connectivity index is 1.24. The molecule has 0 atom stereocenters. The molecule has 0 N–H and O–H groups in total. The first kappa shape index (κ1) is 26.9.